The van der Waals surface area contributed by atoms with Crippen LogP contribution in [-0.4, -0.2) is 87.0 Å². The van der Waals surface area contributed by atoms with Gasteiger partial charge in [-0.3, -0.25) is 4.79 Å². The fourth-order valence-corrected chi connectivity index (χ4v) is 7.64. The van der Waals surface area contributed by atoms with Gasteiger partial charge in [-0.05, 0) is 85.9 Å². The molecule has 1 saturated heterocycles. The number of methoxy groups -OCH3 is 1. The molecule has 2 atom stereocenters. The summed E-state index contributed by atoms with van der Waals surface area (Å²) in [5.74, 6) is 1.90. The molecule has 6 rings (SSSR count). The molecule has 42 heavy (non-hydrogen) atoms. The van der Waals surface area contributed by atoms with Gasteiger partial charge in [-0.25, -0.2) is 0 Å². The van der Waals surface area contributed by atoms with E-state index in [0.29, 0.717) is 44.3 Å². The van der Waals surface area contributed by atoms with Crippen LogP contribution >= 0.6 is 0 Å². The summed E-state index contributed by atoms with van der Waals surface area (Å²) in [6.07, 6.45) is 8.51. The molecule has 0 aromatic heterocycles. The first-order valence-corrected chi connectivity index (χ1v) is 16.3. The summed E-state index contributed by atoms with van der Waals surface area (Å²) in [7, 11) is 0.888. The van der Waals surface area contributed by atoms with Crippen molar-refractivity contribution >= 4 is 16.1 Å². The third-order valence-electron chi connectivity index (χ3n) is 8.74. The van der Waals surface area contributed by atoms with Crippen molar-refractivity contribution in [3.05, 3.63) is 71.8 Å². The third kappa shape index (κ3) is 6.99. The largest absolute Gasteiger partial charge is 0.497 e. The Kier molecular flexibility index (Phi) is 9.88. The second kappa shape index (κ2) is 13.6. The zero-order chi connectivity index (χ0) is 29.7. The number of carbonyl (C=O) groups is 1. The quantitative estimate of drug-likeness (QED) is 0.492. The Morgan fingerprint density at radius 3 is 2.50 bits per heavy atom. The molecule has 9 nitrogen and oxygen atoms in total. The predicted molar refractivity (Wildman–Crippen MR) is 162 cm³/mol. The van der Waals surface area contributed by atoms with Gasteiger partial charge < -0.3 is 19.1 Å². The van der Waals surface area contributed by atoms with Crippen molar-refractivity contribution in [3.63, 3.8) is 0 Å². The van der Waals surface area contributed by atoms with Gasteiger partial charge in [0.2, 0.25) is 5.91 Å². The van der Waals surface area contributed by atoms with E-state index in [1.807, 2.05) is 36.4 Å². The van der Waals surface area contributed by atoms with Crippen molar-refractivity contribution < 1.29 is 27.4 Å². The van der Waals surface area contributed by atoms with Crippen LogP contribution in [0, 0.1) is 0 Å². The standard InChI is InChI=1S/C32H43N3O6S/c1-33(2)42(37,38)35(22-24-10-14-27(39-3)15-11-24)30-18-19-34-31(30)23-41-28-16-12-25(13-17-28)26-7-6-8-29(21-26)40-20-5-4-9-32(34)36/h4,6-11,14-15,21,25,28,30-31H,5,12-13,16-20,22-23H2,1-3H3/b9-4+/t25?,28?,30?,31-/m0/s1. The van der Waals surface area contributed by atoms with Crippen molar-refractivity contribution in [2.45, 2.75) is 69.2 Å². The van der Waals surface area contributed by atoms with Gasteiger partial charge in [-0.2, -0.15) is 17.0 Å². The lowest BCUT2D eigenvalue weighted by molar-refractivity contribution is -0.129. The molecule has 1 amide bonds. The van der Waals surface area contributed by atoms with E-state index in [-0.39, 0.29) is 18.6 Å². The Morgan fingerprint density at radius 1 is 1.02 bits per heavy atom. The Balaban J connectivity index is 1.41. The molecule has 0 N–H and O–H groups in total. The van der Waals surface area contributed by atoms with Crippen LogP contribution in [0.15, 0.2) is 60.7 Å². The number of ether oxygens (including phenoxy) is 3. The first-order valence-electron chi connectivity index (χ1n) is 14.9. The van der Waals surface area contributed by atoms with Gasteiger partial charge in [0.05, 0.1) is 38.5 Å². The lowest BCUT2D eigenvalue weighted by Gasteiger charge is -2.37. The molecule has 2 fully saturated rings. The Morgan fingerprint density at radius 2 is 1.79 bits per heavy atom. The molecule has 2 aromatic rings. The second-order valence-corrected chi connectivity index (χ2v) is 13.7. The zero-order valence-corrected chi connectivity index (χ0v) is 25.7. The molecule has 2 aromatic carbocycles. The summed E-state index contributed by atoms with van der Waals surface area (Å²) in [5, 5.41) is 0. The molecule has 1 unspecified atom stereocenters. The van der Waals surface area contributed by atoms with E-state index >= 15 is 0 Å². The van der Waals surface area contributed by atoms with Gasteiger partial charge in [0.1, 0.15) is 11.5 Å². The van der Waals surface area contributed by atoms with Gasteiger partial charge >= 0.3 is 0 Å². The molecule has 228 valence electrons. The van der Waals surface area contributed by atoms with E-state index in [9.17, 15) is 13.2 Å². The molecule has 1 aliphatic carbocycles. The first kappa shape index (κ1) is 30.5. The van der Waals surface area contributed by atoms with Crippen LogP contribution in [0.2, 0.25) is 0 Å². The average Bonchev–Trinajstić information content (AvgIpc) is 3.42. The van der Waals surface area contributed by atoms with Gasteiger partial charge in [-0.15, -0.1) is 0 Å². The third-order valence-corrected chi connectivity index (χ3v) is 10.7. The van der Waals surface area contributed by atoms with E-state index in [1.54, 1.807) is 36.5 Å². The maximum atomic E-state index is 13.7. The predicted octanol–water partition coefficient (Wildman–Crippen LogP) is 4.35. The summed E-state index contributed by atoms with van der Waals surface area (Å²) < 4.78 is 48.0. The smallest absolute Gasteiger partial charge is 0.282 e. The van der Waals surface area contributed by atoms with Crippen LogP contribution in [0.25, 0.3) is 0 Å². The van der Waals surface area contributed by atoms with Crippen LogP contribution in [0.4, 0.5) is 0 Å². The molecule has 1 saturated carbocycles. The van der Waals surface area contributed by atoms with Crippen molar-refractivity contribution in [2.75, 3.05) is 41.0 Å². The maximum absolute atomic E-state index is 13.7. The van der Waals surface area contributed by atoms with Crippen LogP contribution in [0.1, 0.15) is 55.6 Å². The highest BCUT2D eigenvalue weighted by atomic mass is 32.2. The van der Waals surface area contributed by atoms with Crippen molar-refractivity contribution in [2.24, 2.45) is 0 Å². The van der Waals surface area contributed by atoms with Crippen LogP contribution in [0.3, 0.4) is 0 Å². The topological polar surface area (TPSA) is 88.6 Å². The minimum Gasteiger partial charge on any atom is -0.497 e. The fraction of sp³-hybridized carbons (Fsp3) is 0.531. The minimum atomic E-state index is -3.81. The highest BCUT2D eigenvalue weighted by Crippen LogP contribution is 2.36. The Hall–Kier alpha value is -2.92. The van der Waals surface area contributed by atoms with Crippen LogP contribution in [-0.2, 0) is 26.3 Å². The van der Waals surface area contributed by atoms with E-state index in [0.717, 1.165) is 37.0 Å². The molecule has 3 aliphatic heterocycles. The normalized spacial score (nSPS) is 26.1. The molecular weight excluding hydrogens is 554 g/mol. The fourth-order valence-electron chi connectivity index (χ4n) is 6.32. The van der Waals surface area contributed by atoms with E-state index in [2.05, 4.69) is 18.2 Å². The zero-order valence-electron chi connectivity index (χ0n) is 24.9. The van der Waals surface area contributed by atoms with E-state index in [4.69, 9.17) is 14.2 Å². The van der Waals surface area contributed by atoms with Gasteiger partial charge in [-0.1, -0.05) is 30.3 Å². The summed E-state index contributed by atoms with van der Waals surface area (Å²) in [5.41, 5.74) is 2.14. The first-order chi connectivity index (χ1) is 20.3. The Labute approximate surface area is 250 Å². The second-order valence-electron chi connectivity index (χ2n) is 11.6. The molecule has 0 spiro atoms. The number of hydrogen-bond donors (Lipinski definition) is 0. The highest BCUT2D eigenvalue weighted by molar-refractivity contribution is 7.86. The number of rotatable bonds is 6. The number of carbonyl (C=O) groups excluding carboxylic acids is 1. The number of hydrogen-bond acceptors (Lipinski definition) is 6. The van der Waals surface area contributed by atoms with E-state index in [1.165, 1.54) is 9.87 Å². The SMILES string of the molecule is COc1ccc(CN(C2CCN3C(=O)/C=C/CCOc4cccc(c4)C4CCC(CC4)OC[C@@H]23)S(=O)(=O)N(C)C)cc1. The molecular formula is C32H43N3O6S. The molecule has 10 heteroatoms. The lowest BCUT2D eigenvalue weighted by Crippen LogP contribution is -2.53. The molecule has 4 bridgehead atoms. The number of benzene rings is 2. The summed E-state index contributed by atoms with van der Waals surface area (Å²) in [6, 6.07) is 14.9. The lowest BCUT2D eigenvalue weighted by atomic mass is 9.82. The van der Waals surface area contributed by atoms with Crippen LogP contribution in [0.5, 0.6) is 11.5 Å². The Bertz CT molecular complexity index is 1340. The van der Waals surface area contributed by atoms with Gasteiger partial charge in [0, 0.05) is 27.2 Å². The molecule has 4 aliphatic rings. The van der Waals surface area contributed by atoms with Gasteiger partial charge in [0.25, 0.3) is 10.2 Å². The van der Waals surface area contributed by atoms with Crippen molar-refractivity contribution in [3.8, 4) is 11.5 Å². The summed E-state index contributed by atoms with van der Waals surface area (Å²) in [6.45, 7) is 1.41. The molecule has 3 heterocycles. The summed E-state index contributed by atoms with van der Waals surface area (Å²) >= 11 is 0. The van der Waals surface area contributed by atoms with Gasteiger partial charge in [0.15, 0.2) is 0 Å². The number of fused-ring (bicyclic) bond motifs is 7. The number of nitrogens with zero attached hydrogens (tertiary/aromatic N) is 3. The van der Waals surface area contributed by atoms with Crippen molar-refractivity contribution in [1.82, 2.24) is 13.5 Å². The maximum Gasteiger partial charge on any atom is 0.282 e. The molecule has 0 radical (unpaired) electrons. The van der Waals surface area contributed by atoms with E-state index < -0.39 is 22.3 Å². The highest BCUT2D eigenvalue weighted by Gasteiger charge is 2.45. The number of amides is 1. The average molecular weight is 598 g/mol. The summed E-state index contributed by atoms with van der Waals surface area (Å²) in [4.78, 5) is 15.3. The van der Waals surface area contributed by atoms with Crippen LogP contribution < -0.4 is 9.47 Å². The monoisotopic (exact) mass is 597 g/mol. The minimum absolute atomic E-state index is 0.0746. The van der Waals surface area contributed by atoms with Crippen molar-refractivity contribution in [1.29, 1.82) is 0 Å².